The number of thioether (sulfide) groups is 1. The minimum absolute atomic E-state index is 0.345. The molecular formula is C8H6ClNOS. The Balaban J connectivity index is 2.43. The van der Waals surface area contributed by atoms with Crippen molar-refractivity contribution in [1.82, 2.24) is 0 Å². The molecule has 0 heterocycles. The van der Waals surface area contributed by atoms with Crippen LogP contribution in [0.3, 0.4) is 0 Å². The van der Waals surface area contributed by atoms with Gasteiger partial charge in [-0.05, 0) is 36.0 Å². The molecule has 0 saturated carbocycles. The number of hydrogen-bond donors (Lipinski definition) is 0. The highest BCUT2D eigenvalue weighted by atomic mass is 35.5. The zero-order chi connectivity index (χ0) is 8.81. The van der Waals surface area contributed by atoms with Crippen LogP contribution < -0.4 is 4.74 Å². The first-order valence-corrected chi connectivity index (χ1v) is 4.58. The van der Waals surface area contributed by atoms with E-state index >= 15 is 0 Å². The third-order valence-corrected chi connectivity index (χ3v) is 1.78. The highest BCUT2D eigenvalue weighted by Crippen LogP contribution is 2.16. The minimum atomic E-state index is 0.345. The van der Waals surface area contributed by atoms with Crippen LogP contribution in [0.4, 0.5) is 0 Å². The van der Waals surface area contributed by atoms with Crippen LogP contribution in [0.2, 0.25) is 5.02 Å². The summed E-state index contributed by atoms with van der Waals surface area (Å²) in [6.07, 6.45) is 0. The van der Waals surface area contributed by atoms with E-state index in [2.05, 4.69) is 0 Å². The Labute approximate surface area is 80.1 Å². The standard InChI is InChI=1S/C8H6ClNOS/c9-7-1-3-8(4-2-7)11-6-12-5-10/h1-4H,6H2. The van der Waals surface area contributed by atoms with Crippen LogP contribution in [0.5, 0.6) is 5.75 Å². The van der Waals surface area contributed by atoms with Gasteiger partial charge in [-0.15, -0.1) is 0 Å². The van der Waals surface area contributed by atoms with E-state index in [0.717, 1.165) is 17.5 Å². The maximum Gasteiger partial charge on any atom is 0.147 e. The van der Waals surface area contributed by atoms with E-state index in [4.69, 9.17) is 21.6 Å². The summed E-state index contributed by atoms with van der Waals surface area (Å²) >= 11 is 6.72. The van der Waals surface area contributed by atoms with E-state index in [1.54, 1.807) is 24.3 Å². The first kappa shape index (κ1) is 9.24. The zero-order valence-electron chi connectivity index (χ0n) is 6.16. The first-order valence-electron chi connectivity index (χ1n) is 3.22. The molecule has 2 nitrogen and oxygen atoms in total. The maximum atomic E-state index is 8.20. The van der Waals surface area contributed by atoms with Gasteiger partial charge in [0.25, 0.3) is 0 Å². The van der Waals surface area contributed by atoms with Gasteiger partial charge in [0.15, 0.2) is 0 Å². The molecule has 0 aromatic heterocycles. The van der Waals surface area contributed by atoms with E-state index in [-0.39, 0.29) is 0 Å². The quantitative estimate of drug-likeness (QED) is 0.426. The summed E-state index contributed by atoms with van der Waals surface area (Å²) in [7, 11) is 0. The Hall–Kier alpha value is -0.850. The number of benzene rings is 1. The molecule has 0 fully saturated rings. The Morgan fingerprint density at radius 3 is 2.67 bits per heavy atom. The summed E-state index contributed by atoms with van der Waals surface area (Å²) in [5.41, 5.74) is 0. The fourth-order valence-electron chi connectivity index (χ4n) is 0.655. The molecule has 12 heavy (non-hydrogen) atoms. The lowest BCUT2D eigenvalue weighted by Gasteiger charge is -2.01. The smallest absolute Gasteiger partial charge is 0.147 e. The number of ether oxygens (including phenoxy) is 1. The number of hydrogen-bond acceptors (Lipinski definition) is 3. The molecule has 0 aliphatic carbocycles. The average molecular weight is 200 g/mol. The largest absolute Gasteiger partial charge is 0.482 e. The fourth-order valence-corrected chi connectivity index (χ4v) is 1.03. The van der Waals surface area contributed by atoms with Gasteiger partial charge in [0, 0.05) is 5.02 Å². The highest BCUT2D eigenvalue weighted by Gasteiger charge is 1.92. The van der Waals surface area contributed by atoms with Gasteiger partial charge in [0.2, 0.25) is 0 Å². The van der Waals surface area contributed by atoms with Crippen LogP contribution in [0.15, 0.2) is 24.3 Å². The summed E-state index contributed by atoms with van der Waals surface area (Å²) in [5, 5.41) is 10.8. The van der Waals surface area contributed by atoms with Crippen LogP contribution in [-0.2, 0) is 0 Å². The monoisotopic (exact) mass is 199 g/mol. The van der Waals surface area contributed by atoms with Crippen molar-refractivity contribution in [3.05, 3.63) is 29.3 Å². The summed E-state index contributed by atoms with van der Waals surface area (Å²) in [4.78, 5) is 0. The predicted molar refractivity (Wildman–Crippen MR) is 50.2 cm³/mol. The van der Waals surface area contributed by atoms with E-state index in [0.29, 0.717) is 11.0 Å². The molecule has 1 aromatic carbocycles. The number of nitrogens with zero attached hydrogens (tertiary/aromatic N) is 1. The lowest BCUT2D eigenvalue weighted by atomic mass is 10.3. The molecule has 0 aliphatic rings. The molecule has 1 rings (SSSR count). The summed E-state index contributed by atoms with van der Waals surface area (Å²) in [6, 6.07) is 7.02. The van der Waals surface area contributed by atoms with E-state index < -0.39 is 0 Å². The van der Waals surface area contributed by atoms with E-state index in [1.807, 2.05) is 5.40 Å². The van der Waals surface area contributed by atoms with Gasteiger partial charge in [-0.3, -0.25) is 0 Å². The van der Waals surface area contributed by atoms with Crippen LogP contribution in [0, 0.1) is 10.7 Å². The van der Waals surface area contributed by atoms with Gasteiger partial charge < -0.3 is 4.74 Å². The molecule has 4 heteroatoms. The first-order chi connectivity index (χ1) is 5.83. The second kappa shape index (κ2) is 4.91. The Bertz CT molecular complexity index is 280. The number of thiocyanates is 1. The molecule has 0 N–H and O–H groups in total. The zero-order valence-corrected chi connectivity index (χ0v) is 7.73. The second-order valence-corrected chi connectivity index (χ2v) is 3.10. The summed E-state index contributed by atoms with van der Waals surface area (Å²) in [6.45, 7) is 0. The third-order valence-electron chi connectivity index (χ3n) is 1.16. The van der Waals surface area contributed by atoms with Crippen LogP contribution in [-0.4, -0.2) is 5.94 Å². The fraction of sp³-hybridized carbons (Fsp3) is 0.125. The van der Waals surface area contributed by atoms with Gasteiger partial charge in [0.05, 0.1) is 0 Å². The number of halogens is 1. The summed E-state index contributed by atoms with van der Waals surface area (Å²) in [5.74, 6) is 1.07. The topological polar surface area (TPSA) is 33.0 Å². The Kier molecular flexibility index (Phi) is 3.78. The van der Waals surface area contributed by atoms with Crippen molar-refractivity contribution in [2.75, 3.05) is 5.94 Å². The van der Waals surface area contributed by atoms with E-state index in [9.17, 15) is 0 Å². The number of nitriles is 1. The number of rotatable bonds is 3. The molecule has 0 spiro atoms. The molecule has 0 bridgehead atoms. The predicted octanol–water partition coefficient (Wildman–Crippen LogP) is 2.89. The van der Waals surface area contributed by atoms with Gasteiger partial charge >= 0.3 is 0 Å². The molecular weight excluding hydrogens is 194 g/mol. The Morgan fingerprint density at radius 2 is 2.08 bits per heavy atom. The van der Waals surface area contributed by atoms with Crippen molar-refractivity contribution in [3.63, 3.8) is 0 Å². The van der Waals surface area contributed by atoms with Crippen LogP contribution in [0.25, 0.3) is 0 Å². The van der Waals surface area contributed by atoms with Crippen molar-refractivity contribution in [2.45, 2.75) is 0 Å². The van der Waals surface area contributed by atoms with Crippen molar-refractivity contribution in [2.24, 2.45) is 0 Å². The Morgan fingerprint density at radius 1 is 1.42 bits per heavy atom. The molecule has 0 amide bonds. The molecule has 1 aromatic rings. The molecule has 0 radical (unpaired) electrons. The van der Waals surface area contributed by atoms with Gasteiger partial charge in [-0.25, -0.2) is 0 Å². The van der Waals surface area contributed by atoms with Gasteiger partial charge in [-0.2, -0.15) is 5.26 Å². The highest BCUT2D eigenvalue weighted by molar-refractivity contribution is 8.03. The van der Waals surface area contributed by atoms with E-state index in [1.165, 1.54) is 0 Å². The minimum Gasteiger partial charge on any atom is -0.482 e. The lowest BCUT2D eigenvalue weighted by Crippen LogP contribution is -1.90. The molecule has 62 valence electrons. The van der Waals surface area contributed by atoms with Crippen LogP contribution in [0.1, 0.15) is 0 Å². The molecule has 0 aliphatic heterocycles. The maximum absolute atomic E-state index is 8.20. The second-order valence-electron chi connectivity index (χ2n) is 1.95. The van der Waals surface area contributed by atoms with Crippen molar-refractivity contribution in [1.29, 1.82) is 5.26 Å². The van der Waals surface area contributed by atoms with Gasteiger partial charge in [0.1, 0.15) is 17.1 Å². The third kappa shape index (κ3) is 3.04. The average Bonchev–Trinajstić information content (AvgIpc) is 2.09. The van der Waals surface area contributed by atoms with Crippen molar-refractivity contribution in [3.8, 4) is 11.2 Å². The molecule has 0 unspecified atom stereocenters. The van der Waals surface area contributed by atoms with Crippen molar-refractivity contribution >= 4 is 23.4 Å². The lowest BCUT2D eigenvalue weighted by molar-refractivity contribution is 0.394. The SMILES string of the molecule is N#CSCOc1ccc(Cl)cc1. The van der Waals surface area contributed by atoms with Crippen molar-refractivity contribution < 1.29 is 4.74 Å². The van der Waals surface area contributed by atoms with Gasteiger partial charge in [-0.1, -0.05) is 11.6 Å². The summed E-state index contributed by atoms with van der Waals surface area (Å²) < 4.78 is 5.18. The normalized spacial score (nSPS) is 9.00. The van der Waals surface area contributed by atoms with Crippen LogP contribution >= 0.6 is 23.4 Å². The molecule has 0 saturated heterocycles. The molecule has 0 atom stereocenters.